The third-order valence-corrected chi connectivity index (χ3v) is 3.72. The number of carbonyl (C=O) groups excluding carboxylic acids is 1. The summed E-state index contributed by atoms with van der Waals surface area (Å²) >= 11 is 0. The van der Waals surface area contributed by atoms with E-state index in [0.29, 0.717) is 0 Å². The normalized spacial score (nSPS) is 20.4. The van der Waals surface area contributed by atoms with E-state index in [1.165, 1.54) is 11.3 Å². The van der Waals surface area contributed by atoms with Gasteiger partial charge in [-0.05, 0) is 47.0 Å². The maximum absolute atomic E-state index is 12.2. The molecule has 1 aromatic rings. The summed E-state index contributed by atoms with van der Waals surface area (Å²) in [5, 5.41) is 10.8. The van der Waals surface area contributed by atoms with Crippen LogP contribution in [0, 0.1) is 0 Å². The topological polar surface area (TPSA) is 59.0 Å². The second-order valence-electron chi connectivity index (χ2n) is 6.74. The number of hydrogen-bond acceptors (Lipinski definition) is 3. The Labute approximate surface area is 121 Å². The molecule has 2 unspecified atom stereocenters. The van der Waals surface area contributed by atoms with E-state index in [0.717, 1.165) is 19.3 Å². The third kappa shape index (κ3) is 3.39. The molecule has 5 heteroatoms. The molecule has 1 aliphatic rings. The van der Waals surface area contributed by atoms with Gasteiger partial charge in [0, 0.05) is 29.9 Å². The van der Waals surface area contributed by atoms with Gasteiger partial charge in [-0.3, -0.25) is 14.8 Å². The minimum atomic E-state index is -0.203. The van der Waals surface area contributed by atoms with Crippen LogP contribution in [0.15, 0.2) is 6.20 Å². The molecule has 0 aromatic carbocycles. The number of nitrogens with one attached hydrogen (secondary N) is 2. The fourth-order valence-electron chi connectivity index (χ4n) is 2.73. The van der Waals surface area contributed by atoms with Gasteiger partial charge in [-0.2, -0.15) is 5.10 Å². The molecule has 2 rings (SSSR count). The number of aryl methyl sites for hydroxylation is 1. The summed E-state index contributed by atoms with van der Waals surface area (Å²) < 4.78 is 1.95. The predicted molar refractivity (Wildman–Crippen MR) is 79.4 cm³/mol. The molecule has 112 valence electrons. The summed E-state index contributed by atoms with van der Waals surface area (Å²) in [6.07, 6.45) is 5.21. The van der Waals surface area contributed by atoms with Crippen molar-refractivity contribution in [1.82, 2.24) is 20.4 Å². The predicted octanol–water partition coefficient (Wildman–Crippen LogP) is 1.69. The molecule has 5 nitrogen and oxygen atoms in total. The average molecular weight is 278 g/mol. The number of nitrogens with zero attached hydrogens (tertiary/aromatic N) is 2. The summed E-state index contributed by atoms with van der Waals surface area (Å²) in [5.41, 5.74) is 2.34. The first kappa shape index (κ1) is 15.0. The summed E-state index contributed by atoms with van der Waals surface area (Å²) in [6, 6.07) is 0.0264. The number of aromatic nitrogens is 2. The minimum Gasteiger partial charge on any atom is -0.350 e. The van der Waals surface area contributed by atoms with Crippen molar-refractivity contribution in [2.75, 3.05) is 0 Å². The number of fused-ring (bicyclic) bond motifs is 1. The first-order chi connectivity index (χ1) is 9.28. The molecular formula is C15H26N4O. The Kier molecular flexibility index (Phi) is 4.18. The van der Waals surface area contributed by atoms with Gasteiger partial charge in [0.2, 0.25) is 5.91 Å². The fraction of sp³-hybridized carbons (Fsp3) is 0.733. The lowest BCUT2D eigenvalue weighted by molar-refractivity contribution is -0.124. The van der Waals surface area contributed by atoms with Crippen LogP contribution in [0.2, 0.25) is 0 Å². The zero-order chi connectivity index (χ0) is 14.9. The SMILES string of the molecule is CC(NC1CCCc2c1cnn2C)C(=O)NC(C)(C)C. The molecule has 0 spiro atoms. The van der Waals surface area contributed by atoms with Gasteiger partial charge in [0.15, 0.2) is 0 Å². The van der Waals surface area contributed by atoms with Gasteiger partial charge in [-0.1, -0.05) is 0 Å². The molecule has 2 N–H and O–H groups in total. The smallest absolute Gasteiger partial charge is 0.237 e. The molecule has 1 aliphatic carbocycles. The highest BCUT2D eigenvalue weighted by molar-refractivity contribution is 5.82. The highest BCUT2D eigenvalue weighted by atomic mass is 16.2. The maximum Gasteiger partial charge on any atom is 0.237 e. The van der Waals surface area contributed by atoms with Gasteiger partial charge in [-0.15, -0.1) is 0 Å². The van der Waals surface area contributed by atoms with Crippen LogP contribution in [0.3, 0.4) is 0 Å². The molecule has 20 heavy (non-hydrogen) atoms. The quantitative estimate of drug-likeness (QED) is 0.884. The van der Waals surface area contributed by atoms with Crippen LogP contribution in [0.5, 0.6) is 0 Å². The summed E-state index contributed by atoms with van der Waals surface area (Å²) in [6.45, 7) is 7.91. The Morgan fingerprint density at radius 2 is 2.20 bits per heavy atom. The summed E-state index contributed by atoms with van der Waals surface area (Å²) in [5.74, 6) is 0.0495. The lowest BCUT2D eigenvalue weighted by Gasteiger charge is -2.29. The van der Waals surface area contributed by atoms with Crippen molar-refractivity contribution in [3.05, 3.63) is 17.5 Å². The molecular weight excluding hydrogens is 252 g/mol. The molecule has 1 heterocycles. The Bertz CT molecular complexity index is 487. The van der Waals surface area contributed by atoms with E-state index in [-0.39, 0.29) is 23.5 Å². The standard InChI is InChI=1S/C15H26N4O/c1-10(14(20)18-15(2,3)4)17-12-7-6-8-13-11(12)9-16-19(13)5/h9-10,12,17H,6-8H2,1-5H3,(H,18,20). The van der Waals surface area contributed by atoms with Crippen molar-refractivity contribution in [1.29, 1.82) is 0 Å². The lowest BCUT2D eigenvalue weighted by Crippen LogP contribution is -2.50. The van der Waals surface area contributed by atoms with Gasteiger partial charge >= 0.3 is 0 Å². The number of rotatable bonds is 3. The summed E-state index contributed by atoms with van der Waals surface area (Å²) in [7, 11) is 1.98. The molecule has 0 bridgehead atoms. The Morgan fingerprint density at radius 3 is 2.85 bits per heavy atom. The first-order valence-corrected chi connectivity index (χ1v) is 7.37. The van der Waals surface area contributed by atoms with Crippen molar-refractivity contribution in [2.24, 2.45) is 7.05 Å². The minimum absolute atomic E-state index is 0.0495. The van der Waals surface area contributed by atoms with Gasteiger partial charge in [0.05, 0.1) is 12.2 Å². The second-order valence-corrected chi connectivity index (χ2v) is 6.74. The zero-order valence-corrected chi connectivity index (χ0v) is 13.2. The lowest BCUT2D eigenvalue weighted by atomic mass is 9.92. The van der Waals surface area contributed by atoms with E-state index in [1.54, 1.807) is 0 Å². The maximum atomic E-state index is 12.2. The van der Waals surface area contributed by atoms with E-state index in [9.17, 15) is 4.79 Å². The van der Waals surface area contributed by atoms with Crippen molar-refractivity contribution in [2.45, 2.75) is 64.6 Å². The second kappa shape index (κ2) is 5.56. The van der Waals surface area contributed by atoms with Crippen LogP contribution >= 0.6 is 0 Å². The number of hydrogen-bond donors (Lipinski definition) is 2. The Hall–Kier alpha value is -1.36. The molecule has 0 saturated carbocycles. The highest BCUT2D eigenvalue weighted by Crippen LogP contribution is 2.29. The van der Waals surface area contributed by atoms with Crippen LogP contribution in [0.1, 0.15) is 57.8 Å². The average Bonchev–Trinajstić information content (AvgIpc) is 2.70. The first-order valence-electron chi connectivity index (χ1n) is 7.37. The van der Waals surface area contributed by atoms with Crippen LogP contribution in [0.4, 0.5) is 0 Å². The molecule has 0 aliphatic heterocycles. The molecule has 0 saturated heterocycles. The number of amides is 1. The van der Waals surface area contributed by atoms with Crippen molar-refractivity contribution < 1.29 is 4.79 Å². The van der Waals surface area contributed by atoms with Gasteiger partial charge in [0.25, 0.3) is 0 Å². The van der Waals surface area contributed by atoms with Crippen molar-refractivity contribution >= 4 is 5.91 Å². The summed E-state index contributed by atoms with van der Waals surface area (Å²) in [4.78, 5) is 12.2. The van der Waals surface area contributed by atoms with Gasteiger partial charge in [0.1, 0.15) is 0 Å². The monoisotopic (exact) mass is 278 g/mol. The van der Waals surface area contributed by atoms with E-state index in [2.05, 4.69) is 15.7 Å². The Morgan fingerprint density at radius 1 is 1.50 bits per heavy atom. The third-order valence-electron chi connectivity index (χ3n) is 3.72. The number of carbonyl (C=O) groups is 1. The van der Waals surface area contributed by atoms with E-state index < -0.39 is 0 Å². The molecule has 1 amide bonds. The van der Waals surface area contributed by atoms with Crippen LogP contribution in [-0.2, 0) is 18.3 Å². The van der Waals surface area contributed by atoms with Crippen LogP contribution < -0.4 is 10.6 Å². The van der Waals surface area contributed by atoms with E-state index in [1.807, 2.05) is 45.6 Å². The van der Waals surface area contributed by atoms with E-state index >= 15 is 0 Å². The highest BCUT2D eigenvalue weighted by Gasteiger charge is 2.27. The fourth-order valence-corrected chi connectivity index (χ4v) is 2.73. The van der Waals surface area contributed by atoms with Crippen LogP contribution in [0.25, 0.3) is 0 Å². The van der Waals surface area contributed by atoms with Gasteiger partial charge < -0.3 is 5.32 Å². The zero-order valence-electron chi connectivity index (χ0n) is 13.2. The van der Waals surface area contributed by atoms with Gasteiger partial charge in [-0.25, -0.2) is 0 Å². The van der Waals surface area contributed by atoms with Crippen molar-refractivity contribution in [3.63, 3.8) is 0 Å². The molecule has 0 radical (unpaired) electrons. The molecule has 0 fully saturated rings. The molecule has 2 atom stereocenters. The Balaban J connectivity index is 2.02. The van der Waals surface area contributed by atoms with E-state index in [4.69, 9.17) is 0 Å². The van der Waals surface area contributed by atoms with Crippen LogP contribution in [-0.4, -0.2) is 27.3 Å². The largest absolute Gasteiger partial charge is 0.350 e. The van der Waals surface area contributed by atoms with Crippen molar-refractivity contribution in [3.8, 4) is 0 Å². The molecule has 1 aromatic heterocycles.